The molecule has 3 heterocycles. The van der Waals surface area contributed by atoms with Crippen LogP contribution in [0.3, 0.4) is 0 Å². The Bertz CT molecular complexity index is 1350. The van der Waals surface area contributed by atoms with Gasteiger partial charge in [-0.2, -0.15) is 0 Å². The molecule has 3 saturated heterocycles. The SMILES string of the molecule is CCCCCCCCCCCCC/C=C/[C@@H](O)[C@@H](N)CO[C@H]1O[C@H](CO)[C@@H](O[C@@H]2O[C@H](CO)[C@H](O)[C@H](O[C@]3(C(=O)O)C[C@H](O)[C@@H](NC(C)=O)[C@H]([C@H](O)[C@H](O)CO)O3)[C@H]2O)[C@H](O)[C@H]1O. The minimum atomic E-state index is -3.05. The average Bonchev–Trinajstić information content (AvgIpc) is 3.25. The fourth-order valence-corrected chi connectivity index (χ4v) is 7.90. The molecule has 3 fully saturated rings. The number of unbranched alkanes of at least 4 members (excludes halogenated alkanes) is 11. The summed E-state index contributed by atoms with van der Waals surface area (Å²) in [6.45, 7) is -0.0151. The van der Waals surface area contributed by atoms with Crippen molar-refractivity contribution in [1.82, 2.24) is 5.32 Å². The van der Waals surface area contributed by atoms with Gasteiger partial charge in [0.1, 0.15) is 67.1 Å². The lowest BCUT2D eigenvalue weighted by Crippen LogP contribution is -2.70. The largest absolute Gasteiger partial charge is 0.477 e. The summed E-state index contributed by atoms with van der Waals surface area (Å²) in [5, 5.41) is 129. The predicted molar refractivity (Wildman–Crippen MR) is 218 cm³/mol. The minimum Gasteiger partial charge on any atom is -0.477 e. The van der Waals surface area contributed by atoms with Gasteiger partial charge in [0, 0.05) is 13.3 Å². The van der Waals surface area contributed by atoms with E-state index >= 15 is 0 Å². The van der Waals surface area contributed by atoms with Crippen molar-refractivity contribution < 1.29 is 99.3 Å². The molecule has 3 aliphatic heterocycles. The van der Waals surface area contributed by atoms with Crippen molar-refractivity contribution in [3.63, 3.8) is 0 Å². The van der Waals surface area contributed by atoms with Crippen LogP contribution in [0.1, 0.15) is 97.3 Å². The minimum absolute atomic E-state index is 0.355. The van der Waals surface area contributed by atoms with E-state index in [9.17, 15) is 70.9 Å². The number of aliphatic carboxylic acids is 1. The molecule has 0 aromatic heterocycles. The molecule has 22 heteroatoms. The molecule has 3 rings (SSSR count). The molecule has 1 amide bonds. The second kappa shape index (κ2) is 27.6. The summed E-state index contributed by atoms with van der Waals surface area (Å²) in [4.78, 5) is 24.7. The molecule has 0 radical (unpaired) electrons. The molecule has 368 valence electrons. The number of carboxylic acids is 1. The first kappa shape index (κ1) is 55.3. The van der Waals surface area contributed by atoms with E-state index < -0.39 is 148 Å². The van der Waals surface area contributed by atoms with E-state index in [1.54, 1.807) is 6.08 Å². The van der Waals surface area contributed by atoms with Crippen LogP contribution in [-0.4, -0.2) is 209 Å². The van der Waals surface area contributed by atoms with E-state index in [4.69, 9.17) is 34.2 Å². The molecular formula is C41H74N2O20. The maximum absolute atomic E-state index is 12.8. The molecule has 18 atom stereocenters. The van der Waals surface area contributed by atoms with Crippen LogP contribution in [0.25, 0.3) is 0 Å². The highest BCUT2D eigenvalue weighted by Crippen LogP contribution is 2.38. The Morgan fingerprint density at radius 1 is 0.810 bits per heavy atom. The average molecular weight is 915 g/mol. The first-order valence-electron chi connectivity index (χ1n) is 22.1. The predicted octanol–water partition coefficient (Wildman–Crippen LogP) is -3.25. The zero-order chi connectivity index (χ0) is 46.9. The van der Waals surface area contributed by atoms with Gasteiger partial charge in [0.25, 0.3) is 5.79 Å². The highest BCUT2D eigenvalue weighted by atomic mass is 16.8. The maximum atomic E-state index is 12.8. The zero-order valence-electron chi connectivity index (χ0n) is 36.2. The molecule has 0 aromatic rings. The zero-order valence-corrected chi connectivity index (χ0v) is 36.2. The lowest BCUT2D eigenvalue weighted by molar-refractivity contribution is -0.386. The van der Waals surface area contributed by atoms with Gasteiger partial charge in [-0.3, -0.25) is 4.79 Å². The van der Waals surface area contributed by atoms with Gasteiger partial charge < -0.3 is 101 Å². The Morgan fingerprint density at radius 2 is 1.40 bits per heavy atom. The van der Waals surface area contributed by atoms with Gasteiger partial charge >= 0.3 is 5.97 Å². The van der Waals surface area contributed by atoms with Gasteiger partial charge in [-0.15, -0.1) is 0 Å². The Labute approximate surface area is 367 Å². The highest BCUT2D eigenvalue weighted by Gasteiger charge is 2.60. The van der Waals surface area contributed by atoms with E-state index in [0.717, 1.165) is 32.6 Å². The Hall–Kier alpha value is -2.04. The van der Waals surface area contributed by atoms with Crippen LogP contribution in [0.2, 0.25) is 0 Å². The van der Waals surface area contributed by atoms with Crippen molar-refractivity contribution in [1.29, 1.82) is 0 Å². The number of rotatable bonds is 28. The maximum Gasteiger partial charge on any atom is 0.364 e. The molecule has 0 aromatic carbocycles. The standard InChI is InChI=1S/C41H74N2O20/c1-3-4-5-6-7-8-9-10-11-12-13-14-15-16-24(48)23(42)21-58-38-33(54)32(53)35(28(20-46)60-38)61-39-34(55)37(31(52)27(19-45)59-39)63-41(40(56)57)17-25(49)29(43-22(2)47)36(62-41)30(51)26(50)18-44/h15-16,23-39,44-46,48-55H,3-14,17-21,42H2,1-2H3,(H,43,47)(H,56,57)/b16-15+/t23-,24+,25-,26+,27+,28+,29+,30+,31-,32+,33+,34+,35+,36+,37-,38-,39-,41-/m0/s1. The van der Waals surface area contributed by atoms with E-state index in [0.29, 0.717) is 0 Å². The third kappa shape index (κ3) is 15.8. The summed E-state index contributed by atoms with van der Waals surface area (Å²) in [5.74, 6) is -5.78. The molecule has 15 N–H and O–H groups in total. The number of nitrogens with one attached hydrogen (secondary N) is 1. The second-order valence-electron chi connectivity index (χ2n) is 16.7. The molecular weight excluding hydrogens is 840 g/mol. The van der Waals surface area contributed by atoms with Crippen molar-refractivity contribution in [3.05, 3.63) is 12.2 Å². The second-order valence-corrected chi connectivity index (χ2v) is 16.7. The van der Waals surface area contributed by atoms with Crippen LogP contribution in [0.5, 0.6) is 0 Å². The Morgan fingerprint density at radius 3 is 1.95 bits per heavy atom. The van der Waals surface area contributed by atoms with Gasteiger partial charge in [-0.05, 0) is 12.8 Å². The summed E-state index contributed by atoms with van der Waals surface area (Å²) >= 11 is 0. The summed E-state index contributed by atoms with van der Waals surface area (Å²) < 4.78 is 33.8. The summed E-state index contributed by atoms with van der Waals surface area (Å²) in [6, 6.07) is -2.54. The lowest BCUT2D eigenvalue weighted by Gasteiger charge is -2.50. The van der Waals surface area contributed by atoms with Gasteiger partial charge in [0.05, 0.1) is 50.7 Å². The Kier molecular flexibility index (Phi) is 24.2. The smallest absolute Gasteiger partial charge is 0.364 e. The van der Waals surface area contributed by atoms with Crippen LogP contribution < -0.4 is 11.1 Å². The normalized spacial score (nSPS) is 35.9. The number of carbonyl (C=O) groups is 2. The number of carboxylic acid groups (broad SMARTS) is 1. The van der Waals surface area contributed by atoms with Gasteiger partial charge in [-0.25, -0.2) is 4.79 Å². The number of aliphatic hydroxyl groups is 11. The molecule has 0 spiro atoms. The van der Waals surface area contributed by atoms with Gasteiger partial charge in [-0.1, -0.05) is 83.3 Å². The summed E-state index contributed by atoms with van der Waals surface area (Å²) in [7, 11) is 0. The first-order valence-corrected chi connectivity index (χ1v) is 22.1. The Balaban J connectivity index is 1.62. The van der Waals surface area contributed by atoms with Crippen LogP contribution >= 0.6 is 0 Å². The molecule has 3 aliphatic rings. The van der Waals surface area contributed by atoms with Crippen LogP contribution in [0.4, 0.5) is 0 Å². The first-order chi connectivity index (χ1) is 30.0. The number of hydrogen-bond donors (Lipinski definition) is 14. The lowest BCUT2D eigenvalue weighted by atomic mass is 9.88. The number of amides is 1. The monoisotopic (exact) mass is 914 g/mol. The highest BCUT2D eigenvalue weighted by molar-refractivity contribution is 5.76. The molecule has 0 bridgehead atoms. The van der Waals surface area contributed by atoms with Crippen LogP contribution in [0, 0.1) is 0 Å². The van der Waals surface area contributed by atoms with Crippen molar-refractivity contribution in [2.75, 3.05) is 26.4 Å². The fraction of sp³-hybridized carbons (Fsp3) is 0.902. The number of hydrogen-bond acceptors (Lipinski definition) is 20. The molecule has 0 aliphatic carbocycles. The van der Waals surface area contributed by atoms with Crippen LogP contribution in [-0.2, 0) is 38.0 Å². The topological polar surface area (TPSA) is 370 Å². The molecule has 22 nitrogen and oxygen atoms in total. The summed E-state index contributed by atoms with van der Waals surface area (Å²) in [5.41, 5.74) is 6.11. The fourth-order valence-electron chi connectivity index (χ4n) is 7.90. The van der Waals surface area contributed by atoms with Gasteiger partial charge in [0.15, 0.2) is 12.6 Å². The number of allylic oxidation sites excluding steroid dienone is 1. The third-order valence-corrected chi connectivity index (χ3v) is 11.6. The quantitative estimate of drug-likeness (QED) is 0.0271. The third-order valence-electron chi connectivity index (χ3n) is 11.6. The van der Waals surface area contributed by atoms with Crippen molar-refractivity contribution in [2.24, 2.45) is 5.73 Å². The number of nitrogens with two attached hydrogens (primary N) is 1. The molecule has 63 heavy (non-hydrogen) atoms. The number of carbonyl (C=O) groups excluding carboxylic acids is 1. The molecule has 0 unspecified atom stereocenters. The van der Waals surface area contributed by atoms with E-state index in [1.165, 1.54) is 51.4 Å². The molecule has 0 saturated carbocycles. The van der Waals surface area contributed by atoms with Crippen molar-refractivity contribution in [3.8, 4) is 0 Å². The van der Waals surface area contributed by atoms with E-state index in [2.05, 4.69) is 12.2 Å². The van der Waals surface area contributed by atoms with Gasteiger partial charge in [0.2, 0.25) is 5.91 Å². The van der Waals surface area contributed by atoms with Crippen molar-refractivity contribution >= 4 is 11.9 Å². The number of ether oxygens (including phenoxy) is 6. The van der Waals surface area contributed by atoms with E-state index in [-0.39, 0.29) is 6.61 Å². The van der Waals surface area contributed by atoms with E-state index in [1.807, 2.05) is 6.08 Å². The van der Waals surface area contributed by atoms with Crippen molar-refractivity contribution in [2.45, 2.75) is 207 Å². The summed E-state index contributed by atoms with van der Waals surface area (Å²) in [6.07, 6.45) is -11.4. The number of aliphatic hydroxyl groups excluding tert-OH is 11. The van der Waals surface area contributed by atoms with Crippen LogP contribution in [0.15, 0.2) is 12.2 Å².